The van der Waals surface area contributed by atoms with Crippen LogP contribution in [-0.2, 0) is 6.54 Å². The maximum atomic E-state index is 5.79. The van der Waals surface area contributed by atoms with Crippen LogP contribution in [0.5, 0.6) is 0 Å². The van der Waals surface area contributed by atoms with Crippen LogP contribution in [0.1, 0.15) is 5.56 Å². The smallest absolute Gasteiger partial charge is 0.0853 e. The van der Waals surface area contributed by atoms with E-state index < -0.39 is 0 Å². The summed E-state index contributed by atoms with van der Waals surface area (Å²) >= 11 is 5.79. The Kier molecular flexibility index (Phi) is 3.67. The molecule has 2 aromatic carbocycles. The lowest BCUT2D eigenvalue weighted by Gasteiger charge is -1.95. The Labute approximate surface area is 99.6 Å². The second-order valence-electron chi connectivity index (χ2n) is 3.36. The molecule has 16 heavy (non-hydrogen) atoms. The SMILES string of the molecule is Clc1ccc(CN=Nc2ccccc2)cc1. The van der Waals surface area contributed by atoms with Crippen LogP contribution < -0.4 is 0 Å². The van der Waals surface area contributed by atoms with Crippen LogP contribution in [0.25, 0.3) is 0 Å². The maximum absolute atomic E-state index is 5.79. The van der Waals surface area contributed by atoms with Crippen molar-refractivity contribution in [3.8, 4) is 0 Å². The van der Waals surface area contributed by atoms with Crippen molar-refractivity contribution >= 4 is 17.3 Å². The molecular formula is C13H11ClN2. The van der Waals surface area contributed by atoms with Crippen molar-refractivity contribution in [3.05, 3.63) is 65.2 Å². The second kappa shape index (κ2) is 5.42. The molecule has 0 aliphatic carbocycles. The fraction of sp³-hybridized carbons (Fsp3) is 0.0769. The average Bonchev–Trinajstić information content (AvgIpc) is 2.33. The zero-order valence-electron chi connectivity index (χ0n) is 8.68. The third kappa shape index (κ3) is 3.17. The third-order valence-corrected chi connectivity index (χ3v) is 2.36. The van der Waals surface area contributed by atoms with E-state index in [1.165, 1.54) is 0 Å². The molecule has 0 fully saturated rings. The molecule has 0 amide bonds. The van der Waals surface area contributed by atoms with Gasteiger partial charge < -0.3 is 0 Å². The molecule has 0 aliphatic rings. The Morgan fingerprint density at radius 2 is 1.56 bits per heavy atom. The lowest BCUT2D eigenvalue weighted by molar-refractivity contribution is 0.959. The van der Waals surface area contributed by atoms with Gasteiger partial charge in [-0.1, -0.05) is 41.9 Å². The molecule has 0 saturated heterocycles. The first-order valence-electron chi connectivity index (χ1n) is 5.01. The number of rotatable bonds is 3. The van der Waals surface area contributed by atoms with E-state index in [1.54, 1.807) is 0 Å². The number of nitrogens with zero attached hydrogens (tertiary/aromatic N) is 2. The normalized spacial score (nSPS) is 10.8. The molecule has 0 saturated carbocycles. The van der Waals surface area contributed by atoms with Crippen LogP contribution in [0.4, 0.5) is 5.69 Å². The van der Waals surface area contributed by atoms with Gasteiger partial charge >= 0.3 is 0 Å². The highest BCUT2D eigenvalue weighted by molar-refractivity contribution is 6.30. The largest absolute Gasteiger partial charge is 0.184 e. The summed E-state index contributed by atoms with van der Waals surface area (Å²) in [4.78, 5) is 0. The quantitative estimate of drug-likeness (QED) is 0.688. The summed E-state index contributed by atoms with van der Waals surface area (Å²) in [6.45, 7) is 0.575. The topological polar surface area (TPSA) is 24.7 Å². The monoisotopic (exact) mass is 230 g/mol. The Balaban J connectivity index is 1.97. The molecule has 0 aliphatic heterocycles. The highest BCUT2D eigenvalue weighted by atomic mass is 35.5. The first-order valence-corrected chi connectivity index (χ1v) is 5.39. The fourth-order valence-corrected chi connectivity index (χ4v) is 1.41. The van der Waals surface area contributed by atoms with Gasteiger partial charge in [0.15, 0.2) is 0 Å². The molecule has 3 heteroatoms. The predicted octanol–water partition coefficient (Wildman–Crippen LogP) is 4.62. The first-order chi connectivity index (χ1) is 7.84. The van der Waals surface area contributed by atoms with Gasteiger partial charge in [-0.15, -0.1) is 0 Å². The zero-order valence-corrected chi connectivity index (χ0v) is 9.43. The number of azo groups is 1. The molecule has 0 radical (unpaired) electrons. The first kappa shape index (κ1) is 10.8. The summed E-state index contributed by atoms with van der Waals surface area (Å²) in [6, 6.07) is 17.3. The third-order valence-electron chi connectivity index (χ3n) is 2.11. The van der Waals surface area contributed by atoms with Gasteiger partial charge in [0.25, 0.3) is 0 Å². The summed E-state index contributed by atoms with van der Waals surface area (Å²) in [5, 5.41) is 8.98. The minimum Gasteiger partial charge on any atom is -0.184 e. The lowest BCUT2D eigenvalue weighted by atomic mass is 10.2. The van der Waals surface area contributed by atoms with Gasteiger partial charge in [-0.2, -0.15) is 10.2 Å². The van der Waals surface area contributed by atoms with E-state index in [9.17, 15) is 0 Å². The van der Waals surface area contributed by atoms with Crippen molar-refractivity contribution in [1.82, 2.24) is 0 Å². The highest BCUT2D eigenvalue weighted by Crippen LogP contribution is 2.13. The minimum absolute atomic E-state index is 0.575. The molecule has 0 heterocycles. The Morgan fingerprint density at radius 3 is 2.25 bits per heavy atom. The molecule has 0 atom stereocenters. The van der Waals surface area contributed by atoms with Gasteiger partial charge in [0.05, 0.1) is 12.2 Å². The van der Waals surface area contributed by atoms with Crippen molar-refractivity contribution in [1.29, 1.82) is 0 Å². The standard InChI is InChI=1S/C13H11ClN2/c14-12-8-6-11(7-9-12)10-15-16-13-4-2-1-3-5-13/h1-9H,10H2. The fourth-order valence-electron chi connectivity index (χ4n) is 1.28. The molecule has 0 spiro atoms. The van der Waals surface area contributed by atoms with Crippen LogP contribution in [0.2, 0.25) is 5.02 Å². The van der Waals surface area contributed by atoms with Crippen molar-refractivity contribution in [3.63, 3.8) is 0 Å². The summed E-state index contributed by atoms with van der Waals surface area (Å²) < 4.78 is 0. The van der Waals surface area contributed by atoms with Crippen LogP contribution in [-0.4, -0.2) is 0 Å². The van der Waals surface area contributed by atoms with Crippen molar-refractivity contribution in [2.75, 3.05) is 0 Å². The molecule has 0 aromatic heterocycles. The van der Waals surface area contributed by atoms with Crippen LogP contribution >= 0.6 is 11.6 Å². The maximum Gasteiger partial charge on any atom is 0.0853 e. The van der Waals surface area contributed by atoms with E-state index in [4.69, 9.17) is 11.6 Å². The molecule has 2 nitrogen and oxygen atoms in total. The summed E-state index contributed by atoms with van der Waals surface area (Å²) in [7, 11) is 0. The van der Waals surface area contributed by atoms with Crippen LogP contribution in [0.3, 0.4) is 0 Å². The van der Waals surface area contributed by atoms with E-state index in [-0.39, 0.29) is 0 Å². The van der Waals surface area contributed by atoms with Gasteiger partial charge in [0.1, 0.15) is 0 Å². The van der Waals surface area contributed by atoms with Crippen LogP contribution in [0, 0.1) is 0 Å². The molecule has 0 N–H and O–H groups in total. The molecule has 0 unspecified atom stereocenters. The van der Waals surface area contributed by atoms with Crippen LogP contribution in [0.15, 0.2) is 64.8 Å². The van der Waals surface area contributed by atoms with Gasteiger partial charge in [0, 0.05) is 5.02 Å². The number of hydrogen-bond donors (Lipinski definition) is 0. The highest BCUT2D eigenvalue weighted by Gasteiger charge is 1.91. The van der Waals surface area contributed by atoms with Gasteiger partial charge in [-0.05, 0) is 29.8 Å². The zero-order chi connectivity index (χ0) is 11.2. The Bertz CT molecular complexity index is 463. The summed E-state index contributed by atoms with van der Waals surface area (Å²) in [5.74, 6) is 0. The average molecular weight is 231 g/mol. The minimum atomic E-state index is 0.575. The van der Waals surface area contributed by atoms with Gasteiger partial charge in [0.2, 0.25) is 0 Å². The lowest BCUT2D eigenvalue weighted by Crippen LogP contribution is -1.78. The van der Waals surface area contributed by atoms with E-state index >= 15 is 0 Å². The summed E-state index contributed by atoms with van der Waals surface area (Å²) in [6.07, 6.45) is 0. The molecule has 2 aromatic rings. The number of hydrogen-bond acceptors (Lipinski definition) is 2. The second-order valence-corrected chi connectivity index (χ2v) is 3.80. The van der Waals surface area contributed by atoms with E-state index in [1.807, 2.05) is 54.6 Å². The number of halogens is 1. The molecular weight excluding hydrogens is 220 g/mol. The van der Waals surface area contributed by atoms with Crippen molar-refractivity contribution in [2.45, 2.75) is 6.54 Å². The molecule has 0 bridgehead atoms. The van der Waals surface area contributed by atoms with Crippen molar-refractivity contribution < 1.29 is 0 Å². The molecule has 2 rings (SSSR count). The number of benzene rings is 2. The Hall–Kier alpha value is -1.67. The predicted molar refractivity (Wildman–Crippen MR) is 66.1 cm³/mol. The summed E-state index contributed by atoms with van der Waals surface area (Å²) in [5.41, 5.74) is 1.97. The van der Waals surface area contributed by atoms with E-state index in [2.05, 4.69) is 10.2 Å². The van der Waals surface area contributed by atoms with E-state index in [0.29, 0.717) is 6.54 Å². The van der Waals surface area contributed by atoms with Crippen molar-refractivity contribution in [2.24, 2.45) is 10.2 Å². The Morgan fingerprint density at radius 1 is 0.875 bits per heavy atom. The van der Waals surface area contributed by atoms with Gasteiger partial charge in [-0.3, -0.25) is 0 Å². The molecule has 80 valence electrons. The van der Waals surface area contributed by atoms with E-state index in [0.717, 1.165) is 16.3 Å². The van der Waals surface area contributed by atoms with Gasteiger partial charge in [-0.25, -0.2) is 0 Å².